The number of halogens is 1. The van der Waals surface area contributed by atoms with Crippen molar-refractivity contribution in [1.29, 1.82) is 0 Å². The highest BCUT2D eigenvalue weighted by atomic mass is 79.9. The van der Waals surface area contributed by atoms with Crippen LogP contribution in [0.1, 0.15) is 52.0 Å². The van der Waals surface area contributed by atoms with Crippen molar-refractivity contribution >= 4 is 15.9 Å². The van der Waals surface area contributed by atoms with Gasteiger partial charge in [-0.15, -0.1) is 0 Å². The first-order chi connectivity index (χ1) is 10.0. The van der Waals surface area contributed by atoms with Crippen molar-refractivity contribution in [2.45, 2.75) is 58.4 Å². The maximum Gasteiger partial charge on any atom is 0.122 e. The van der Waals surface area contributed by atoms with Gasteiger partial charge in [0.15, 0.2) is 0 Å². The first kappa shape index (κ1) is 16.8. The van der Waals surface area contributed by atoms with Gasteiger partial charge in [-0.25, -0.2) is 0 Å². The van der Waals surface area contributed by atoms with Gasteiger partial charge >= 0.3 is 0 Å². The van der Waals surface area contributed by atoms with Crippen LogP contribution in [0.3, 0.4) is 0 Å². The average Bonchev–Trinajstić information content (AvgIpc) is 2.85. The number of hydrogen-bond acceptors (Lipinski definition) is 2. The van der Waals surface area contributed by atoms with E-state index in [1.807, 2.05) is 0 Å². The predicted molar refractivity (Wildman–Crippen MR) is 93.1 cm³/mol. The van der Waals surface area contributed by atoms with Gasteiger partial charge in [0.2, 0.25) is 0 Å². The van der Waals surface area contributed by atoms with Gasteiger partial charge in [0.25, 0.3) is 0 Å². The van der Waals surface area contributed by atoms with Crippen LogP contribution in [0.4, 0.5) is 0 Å². The minimum absolute atomic E-state index is 0.249. The highest BCUT2D eigenvalue weighted by molar-refractivity contribution is 9.10. The minimum Gasteiger partial charge on any atom is -0.493 e. The third-order valence-corrected chi connectivity index (χ3v) is 4.64. The molecule has 21 heavy (non-hydrogen) atoms. The molecule has 0 aliphatic carbocycles. The number of rotatable bonds is 7. The number of hydrogen-bond donors (Lipinski definition) is 1. The molecular weight excluding hydrogens is 326 g/mol. The van der Waals surface area contributed by atoms with E-state index < -0.39 is 0 Å². The van der Waals surface area contributed by atoms with Gasteiger partial charge in [-0.2, -0.15) is 0 Å². The predicted octanol–water partition coefficient (Wildman–Crippen LogP) is 4.95. The summed E-state index contributed by atoms with van der Waals surface area (Å²) in [7, 11) is 0. The summed E-state index contributed by atoms with van der Waals surface area (Å²) in [6.45, 7) is 8.72. The summed E-state index contributed by atoms with van der Waals surface area (Å²) in [4.78, 5) is 0. The van der Waals surface area contributed by atoms with Gasteiger partial charge in [-0.3, -0.25) is 0 Å². The summed E-state index contributed by atoms with van der Waals surface area (Å²) in [5.74, 6) is 1.76. The maximum absolute atomic E-state index is 5.95. The Balaban J connectivity index is 2.20. The van der Waals surface area contributed by atoms with Crippen LogP contribution in [-0.4, -0.2) is 18.7 Å². The van der Waals surface area contributed by atoms with E-state index in [2.05, 4.69) is 60.2 Å². The third-order valence-electron chi connectivity index (χ3n) is 4.14. The minimum atomic E-state index is 0.249. The summed E-state index contributed by atoms with van der Waals surface area (Å²) in [5.41, 5.74) is 1.58. The summed E-state index contributed by atoms with van der Waals surface area (Å²) in [6, 6.07) is 6.41. The first-order valence-electron chi connectivity index (χ1n) is 8.21. The molecule has 1 aliphatic rings. The molecule has 1 heterocycles. The lowest BCUT2D eigenvalue weighted by atomic mass is 9.82. The zero-order chi connectivity index (χ0) is 15.3. The Hall–Kier alpha value is -0.540. The molecule has 1 fully saturated rings. The molecule has 1 aromatic carbocycles. The quantitative estimate of drug-likeness (QED) is 0.748. The molecule has 0 saturated carbocycles. The molecule has 0 spiro atoms. The van der Waals surface area contributed by atoms with Crippen molar-refractivity contribution < 1.29 is 4.74 Å². The third kappa shape index (κ3) is 4.72. The van der Waals surface area contributed by atoms with Crippen LogP contribution in [0.5, 0.6) is 5.75 Å². The molecule has 1 atom stereocenters. The molecule has 1 aromatic rings. The lowest BCUT2D eigenvalue weighted by molar-refractivity contribution is 0.285. The molecule has 1 aliphatic heterocycles. The van der Waals surface area contributed by atoms with E-state index in [1.54, 1.807) is 0 Å². The monoisotopic (exact) mass is 353 g/mol. The van der Waals surface area contributed by atoms with Crippen molar-refractivity contribution in [3.63, 3.8) is 0 Å². The second kappa shape index (κ2) is 7.64. The van der Waals surface area contributed by atoms with Crippen molar-refractivity contribution in [3.05, 3.63) is 28.2 Å². The average molecular weight is 354 g/mol. The van der Waals surface area contributed by atoms with Gasteiger partial charge in [0.1, 0.15) is 5.75 Å². The summed E-state index contributed by atoms with van der Waals surface area (Å²) in [6.07, 6.45) is 5.89. The molecule has 0 radical (unpaired) electrons. The molecule has 1 unspecified atom stereocenters. The second-order valence-corrected chi connectivity index (χ2v) is 7.60. The van der Waals surface area contributed by atoms with E-state index in [1.165, 1.54) is 24.8 Å². The fourth-order valence-electron chi connectivity index (χ4n) is 3.45. The Bertz CT molecular complexity index is 453. The fraction of sp³-hybridized carbons (Fsp3) is 0.667. The topological polar surface area (TPSA) is 21.3 Å². The lowest BCUT2D eigenvalue weighted by Gasteiger charge is -2.32. The van der Waals surface area contributed by atoms with Crippen molar-refractivity contribution in [2.24, 2.45) is 5.92 Å². The van der Waals surface area contributed by atoms with E-state index in [-0.39, 0.29) is 5.54 Å². The highest BCUT2D eigenvalue weighted by Gasteiger charge is 2.34. The summed E-state index contributed by atoms with van der Waals surface area (Å²) in [5, 5.41) is 3.78. The molecular formula is C18H28BrNO. The van der Waals surface area contributed by atoms with Crippen LogP contribution in [0.2, 0.25) is 0 Å². The SMILES string of the molecule is CCCOc1ccc(Br)cc1CC1(CC(C)C)CCCN1. The zero-order valence-electron chi connectivity index (χ0n) is 13.5. The smallest absolute Gasteiger partial charge is 0.122 e. The van der Waals surface area contributed by atoms with Gasteiger partial charge in [0.05, 0.1) is 6.61 Å². The molecule has 2 rings (SSSR count). The van der Waals surface area contributed by atoms with Crippen LogP contribution in [0.25, 0.3) is 0 Å². The van der Waals surface area contributed by atoms with Gasteiger partial charge in [0, 0.05) is 10.0 Å². The van der Waals surface area contributed by atoms with Crippen molar-refractivity contribution in [3.8, 4) is 5.75 Å². The second-order valence-electron chi connectivity index (χ2n) is 6.69. The fourth-order valence-corrected chi connectivity index (χ4v) is 3.86. The normalized spacial score (nSPS) is 22.0. The molecule has 3 heteroatoms. The van der Waals surface area contributed by atoms with Gasteiger partial charge in [-0.05, 0) is 68.3 Å². The van der Waals surface area contributed by atoms with Crippen LogP contribution in [0.15, 0.2) is 22.7 Å². The van der Waals surface area contributed by atoms with Crippen LogP contribution < -0.4 is 10.1 Å². The number of nitrogens with one attached hydrogen (secondary N) is 1. The van der Waals surface area contributed by atoms with Crippen LogP contribution in [-0.2, 0) is 6.42 Å². The lowest BCUT2D eigenvalue weighted by Crippen LogP contribution is -2.43. The van der Waals surface area contributed by atoms with Crippen LogP contribution >= 0.6 is 15.9 Å². The van der Waals surface area contributed by atoms with E-state index >= 15 is 0 Å². The van der Waals surface area contributed by atoms with E-state index in [0.29, 0.717) is 5.92 Å². The zero-order valence-corrected chi connectivity index (χ0v) is 15.1. The number of ether oxygens (including phenoxy) is 1. The maximum atomic E-state index is 5.95. The Labute approximate surface area is 137 Å². The number of benzene rings is 1. The Morgan fingerprint density at radius 2 is 2.19 bits per heavy atom. The van der Waals surface area contributed by atoms with E-state index in [0.717, 1.165) is 36.2 Å². The standard InChI is InChI=1S/C18H28BrNO/c1-4-10-21-17-7-6-16(19)11-15(17)13-18(12-14(2)3)8-5-9-20-18/h6-7,11,14,20H,4-5,8-10,12-13H2,1-3H3. The Morgan fingerprint density at radius 1 is 1.38 bits per heavy atom. The molecule has 0 aromatic heterocycles. The molecule has 118 valence electrons. The molecule has 1 N–H and O–H groups in total. The molecule has 2 nitrogen and oxygen atoms in total. The highest BCUT2D eigenvalue weighted by Crippen LogP contribution is 2.34. The van der Waals surface area contributed by atoms with Crippen molar-refractivity contribution in [1.82, 2.24) is 5.32 Å². The summed E-state index contributed by atoms with van der Waals surface area (Å²) >= 11 is 3.61. The Kier molecular flexibility index (Phi) is 6.12. The van der Waals surface area contributed by atoms with Crippen molar-refractivity contribution in [2.75, 3.05) is 13.2 Å². The van der Waals surface area contributed by atoms with E-state index in [4.69, 9.17) is 4.74 Å². The molecule has 1 saturated heterocycles. The molecule has 0 bridgehead atoms. The largest absolute Gasteiger partial charge is 0.493 e. The molecule has 0 amide bonds. The first-order valence-corrected chi connectivity index (χ1v) is 9.00. The van der Waals surface area contributed by atoms with E-state index in [9.17, 15) is 0 Å². The van der Waals surface area contributed by atoms with Crippen LogP contribution in [0, 0.1) is 5.92 Å². The summed E-state index contributed by atoms with van der Waals surface area (Å²) < 4.78 is 7.09. The Morgan fingerprint density at radius 3 is 2.81 bits per heavy atom. The van der Waals surface area contributed by atoms with Gasteiger partial charge in [-0.1, -0.05) is 36.7 Å². The van der Waals surface area contributed by atoms with Gasteiger partial charge < -0.3 is 10.1 Å².